The number of piperidine rings is 1. The molecule has 1 aliphatic rings. The van der Waals surface area contributed by atoms with Gasteiger partial charge in [-0.2, -0.15) is 0 Å². The molecule has 0 spiro atoms. The molecule has 2 rings (SSSR count). The molecule has 1 aromatic carbocycles. The normalized spacial score (nSPS) is 21.8. The molecule has 0 saturated carbocycles. The SMILES string of the molecule is CN1CCCC(C(F)(F)c2ccc(C=O)cc2)C1. The van der Waals surface area contributed by atoms with Gasteiger partial charge in [0.05, 0.1) is 0 Å². The number of hydrogen-bond acceptors (Lipinski definition) is 2. The number of aldehydes is 1. The van der Waals surface area contributed by atoms with Crippen LogP contribution in [0.25, 0.3) is 0 Å². The second-order valence-corrected chi connectivity index (χ2v) is 4.96. The molecule has 1 heterocycles. The first-order valence-corrected chi connectivity index (χ1v) is 6.16. The lowest BCUT2D eigenvalue weighted by Gasteiger charge is -2.35. The molecule has 1 fully saturated rings. The fourth-order valence-corrected chi connectivity index (χ4v) is 2.48. The largest absolute Gasteiger partial charge is 0.306 e. The first kappa shape index (κ1) is 13.1. The van der Waals surface area contributed by atoms with Crippen molar-refractivity contribution in [2.75, 3.05) is 20.1 Å². The third kappa shape index (κ3) is 2.58. The number of likely N-dealkylation sites (tertiary alicyclic amines) is 1. The molecule has 1 unspecified atom stereocenters. The van der Waals surface area contributed by atoms with Gasteiger partial charge in [0.1, 0.15) is 6.29 Å². The molecule has 4 heteroatoms. The van der Waals surface area contributed by atoms with Crippen LogP contribution in [0.4, 0.5) is 8.78 Å². The lowest BCUT2D eigenvalue weighted by Crippen LogP contribution is -2.40. The maximum absolute atomic E-state index is 14.3. The van der Waals surface area contributed by atoms with Gasteiger partial charge < -0.3 is 4.90 Å². The summed E-state index contributed by atoms with van der Waals surface area (Å²) in [5.41, 5.74) is 0.434. The molecule has 0 radical (unpaired) electrons. The molecular weight excluding hydrogens is 236 g/mol. The third-order valence-corrected chi connectivity index (χ3v) is 3.57. The number of alkyl halides is 2. The van der Waals surface area contributed by atoms with Crippen LogP contribution in [0.15, 0.2) is 24.3 Å². The first-order chi connectivity index (χ1) is 8.54. The monoisotopic (exact) mass is 253 g/mol. The first-order valence-electron chi connectivity index (χ1n) is 6.16. The van der Waals surface area contributed by atoms with E-state index in [4.69, 9.17) is 0 Å². The van der Waals surface area contributed by atoms with Crippen molar-refractivity contribution < 1.29 is 13.6 Å². The van der Waals surface area contributed by atoms with Crippen LogP contribution in [-0.4, -0.2) is 31.3 Å². The Kier molecular flexibility index (Phi) is 3.76. The van der Waals surface area contributed by atoms with E-state index < -0.39 is 11.8 Å². The maximum Gasteiger partial charge on any atom is 0.277 e. The Hall–Kier alpha value is -1.29. The van der Waals surface area contributed by atoms with Crippen molar-refractivity contribution in [2.24, 2.45) is 5.92 Å². The van der Waals surface area contributed by atoms with E-state index in [-0.39, 0.29) is 5.56 Å². The molecule has 1 atom stereocenters. The van der Waals surface area contributed by atoms with Crippen LogP contribution >= 0.6 is 0 Å². The number of nitrogens with zero attached hydrogens (tertiary/aromatic N) is 1. The number of halogens is 2. The highest BCUT2D eigenvalue weighted by atomic mass is 19.3. The van der Waals surface area contributed by atoms with Crippen LogP contribution in [-0.2, 0) is 5.92 Å². The van der Waals surface area contributed by atoms with E-state index in [0.717, 1.165) is 13.0 Å². The van der Waals surface area contributed by atoms with E-state index in [2.05, 4.69) is 0 Å². The van der Waals surface area contributed by atoms with Crippen molar-refractivity contribution in [3.05, 3.63) is 35.4 Å². The maximum atomic E-state index is 14.3. The highest BCUT2D eigenvalue weighted by Crippen LogP contribution is 2.40. The molecule has 1 saturated heterocycles. The smallest absolute Gasteiger partial charge is 0.277 e. The van der Waals surface area contributed by atoms with E-state index in [0.29, 0.717) is 24.8 Å². The summed E-state index contributed by atoms with van der Waals surface area (Å²) < 4.78 is 28.7. The van der Waals surface area contributed by atoms with Gasteiger partial charge >= 0.3 is 0 Å². The van der Waals surface area contributed by atoms with Crippen LogP contribution in [0.5, 0.6) is 0 Å². The molecule has 18 heavy (non-hydrogen) atoms. The second kappa shape index (κ2) is 5.14. The number of hydrogen-bond donors (Lipinski definition) is 0. The minimum Gasteiger partial charge on any atom is -0.306 e. The Morgan fingerprint density at radius 3 is 2.56 bits per heavy atom. The molecule has 0 aromatic heterocycles. The number of carbonyl (C=O) groups is 1. The summed E-state index contributed by atoms with van der Waals surface area (Å²) in [5, 5.41) is 0. The van der Waals surface area contributed by atoms with E-state index in [1.54, 1.807) is 0 Å². The number of carbonyl (C=O) groups excluding carboxylic acids is 1. The Morgan fingerprint density at radius 1 is 1.33 bits per heavy atom. The summed E-state index contributed by atoms with van der Waals surface area (Å²) in [7, 11) is 1.87. The molecule has 0 aliphatic carbocycles. The summed E-state index contributed by atoms with van der Waals surface area (Å²) in [6.07, 6.45) is 2.02. The average molecular weight is 253 g/mol. The molecule has 0 amide bonds. The Morgan fingerprint density at radius 2 is 2.00 bits per heavy atom. The summed E-state index contributed by atoms with van der Waals surface area (Å²) in [5.74, 6) is -3.46. The van der Waals surface area contributed by atoms with Gasteiger partial charge in [-0.3, -0.25) is 4.79 Å². The van der Waals surface area contributed by atoms with Gasteiger partial charge in [-0.15, -0.1) is 0 Å². The van der Waals surface area contributed by atoms with Gasteiger partial charge in [0.15, 0.2) is 0 Å². The zero-order chi connectivity index (χ0) is 13.2. The predicted molar refractivity (Wildman–Crippen MR) is 65.9 cm³/mol. The molecule has 1 aliphatic heterocycles. The van der Waals surface area contributed by atoms with Crippen molar-refractivity contribution in [3.63, 3.8) is 0 Å². The average Bonchev–Trinajstić information content (AvgIpc) is 2.39. The van der Waals surface area contributed by atoms with Crippen molar-refractivity contribution in [2.45, 2.75) is 18.8 Å². The topological polar surface area (TPSA) is 20.3 Å². The van der Waals surface area contributed by atoms with Crippen molar-refractivity contribution >= 4 is 6.29 Å². The zero-order valence-electron chi connectivity index (χ0n) is 10.4. The highest BCUT2D eigenvalue weighted by Gasteiger charge is 2.42. The molecular formula is C14H17F2NO. The summed E-state index contributed by atoms with van der Waals surface area (Å²) in [4.78, 5) is 12.5. The van der Waals surface area contributed by atoms with Crippen molar-refractivity contribution in [1.82, 2.24) is 4.90 Å². The van der Waals surface area contributed by atoms with Gasteiger partial charge in [0.25, 0.3) is 5.92 Å². The number of benzene rings is 1. The third-order valence-electron chi connectivity index (χ3n) is 3.57. The van der Waals surface area contributed by atoms with Crippen LogP contribution < -0.4 is 0 Å². The van der Waals surface area contributed by atoms with Gasteiger partial charge in [-0.05, 0) is 26.4 Å². The standard InChI is InChI=1S/C14H17F2NO/c1-17-8-2-3-13(9-17)14(15,16)12-6-4-11(10-18)5-7-12/h4-7,10,13H,2-3,8-9H2,1H3. The highest BCUT2D eigenvalue weighted by molar-refractivity contribution is 5.74. The quantitative estimate of drug-likeness (QED) is 0.772. The second-order valence-electron chi connectivity index (χ2n) is 4.96. The fraction of sp³-hybridized carbons (Fsp3) is 0.500. The minimum atomic E-state index is -2.82. The molecule has 1 aromatic rings. The lowest BCUT2D eigenvalue weighted by atomic mass is 9.87. The van der Waals surface area contributed by atoms with E-state index in [1.165, 1.54) is 24.3 Å². The predicted octanol–water partition coefficient (Wildman–Crippen LogP) is 2.93. The molecule has 98 valence electrons. The van der Waals surface area contributed by atoms with Crippen LogP contribution in [0.1, 0.15) is 28.8 Å². The number of rotatable bonds is 3. The summed E-state index contributed by atoms with van der Waals surface area (Å²) in [6, 6.07) is 5.61. The van der Waals surface area contributed by atoms with E-state index >= 15 is 0 Å². The van der Waals surface area contributed by atoms with Crippen LogP contribution in [0.2, 0.25) is 0 Å². The van der Waals surface area contributed by atoms with Crippen LogP contribution in [0.3, 0.4) is 0 Å². The van der Waals surface area contributed by atoms with E-state index in [1.807, 2.05) is 11.9 Å². The van der Waals surface area contributed by atoms with Gasteiger partial charge in [0, 0.05) is 23.6 Å². The minimum absolute atomic E-state index is 0.00778. The molecule has 0 bridgehead atoms. The molecule has 0 N–H and O–H groups in total. The van der Waals surface area contributed by atoms with Gasteiger partial charge in [0.2, 0.25) is 0 Å². The summed E-state index contributed by atoms with van der Waals surface area (Å²) >= 11 is 0. The van der Waals surface area contributed by atoms with Gasteiger partial charge in [-0.25, -0.2) is 8.78 Å². The lowest BCUT2D eigenvalue weighted by molar-refractivity contribution is -0.0864. The van der Waals surface area contributed by atoms with Gasteiger partial charge in [-0.1, -0.05) is 24.3 Å². The summed E-state index contributed by atoms with van der Waals surface area (Å²) in [6.45, 7) is 1.30. The Labute approximate surface area is 106 Å². The Bertz CT molecular complexity index is 416. The molecule has 2 nitrogen and oxygen atoms in total. The fourth-order valence-electron chi connectivity index (χ4n) is 2.48. The zero-order valence-corrected chi connectivity index (χ0v) is 10.4. The van der Waals surface area contributed by atoms with Crippen molar-refractivity contribution in [3.8, 4) is 0 Å². The van der Waals surface area contributed by atoms with Crippen LogP contribution in [0, 0.1) is 5.92 Å². The van der Waals surface area contributed by atoms with E-state index in [9.17, 15) is 13.6 Å². The Balaban J connectivity index is 2.20. The van der Waals surface area contributed by atoms with Crippen molar-refractivity contribution in [1.29, 1.82) is 0 Å².